The Balaban J connectivity index is 1.94. The van der Waals surface area contributed by atoms with Crippen molar-refractivity contribution in [2.45, 2.75) is 17.9 Å². The molecule has 0 aliphatic carbocycles. The maximum absolute atomic E-state index is 12.5. The van der Waals surface area contributed by atoms with Crippen molar-refractivity contribution in [3.63, 3.8) is 0 Å². The Morgan fingerprint density at radius 3 is 2.50 bits per heavy atom. The van der Waals surface area contributed by atoms with Gasteiger partial charge in [-0.3, -0.25) is 9.59 Å². The summed E-state index contributed by atoms with van der Waals surface area (Å²) in [5, 5.41) is 5.40. The number of carbonyl (C=O) groups excluding carboxylic acids is 2. The number of nitrogens with one attached hydrogen (secondary N) is 2. The molecule has 138 valence electrons. The van der Waals surface area contributed by atoms with Crippen LogP contribution >= 0.6 is 11.8 Å². The van der Waals surface area contributed by atoms with Crippen LogP contribution in [0, 0.1) is 0 Å². The second-order valence-corrected chi connectivity index (χ2v) is 7.05. The smallest absolute Gasteiger partial charge is 0.253 e. The first kappa shape index (κ1) is 20.0. The molecule has 0 saturated heterocycles. The van der Waals surface area contributed by atoms with E-state index in [9.17, 15) is 9.59 Å². The Kier molecular flexibility index (Phi) is 8.18. The second-order valence-electron chi connectivity index (χ2n) is 5.72. The Morgan fingerprint density at radius 2 is 1.77 bits per heavy atom. The average Bonchev–Trinajstić information content (AvgIpc) is 2.67. The highest BCUT2D eigenvalue weighted by molar-refractivity contribution is 7.99. The van der Waals surface area contributed by atoms with E-state index in [-0.39, 0.29) is 17.1 Å². The average molecular weight is 372 g/mol. The van der Waals surface area contributed by atoms with Crippen molar-refractivity contribution in [1.29, 1.82) is 0 Å². The monoisotopic (exact) mass is 372 g/mol. The number of hydrogen-bond donors (Lipinski definition) is 2. The molecule has 0 heterocycles. The number of anilines is 1. The number of amides is 2. The van der Waals surface area contributed by atoms with Crippen LogP contribution in [0.2, 0.25) is 0 Å². The van der Waals surface area contributed by atoms with E-state index in [0.29, 0.717) is 24.4 Å². The molecule has 2 aromatic carbocycles. The summed E-state index contributed by atoms with van der Waals surface area (Å²) in [7, 11) is 1.58. The van der Waals surface area contributed by atoms with Gasteiger partial charge in [-0.2, -0.15) is 0 Å². The molecule has 0 aliphatic heterocycles. The number of rotatable bonds is 9. The van der Waals surface area contributed by atoms with Crippen LogP contribution in [-0.4, -0.2) is 37.3 Å². The summed E-state index contributed by atoms with van der Waals surface area (Å²) >= 11 is 1.56. The molecule has 1 atom stereocenters. The first-order valence-electron chi connectivity index (χ1n) is 8.44. The van der Waals surface area contributed by atoms with Crippen LogP contribution in [0.4, 0.5) is 5.69 Å². The molecule has 0 saturated carbocycles. The summed E-state index contributed by atoms with van der Waals surface area (Å²) in [6.07, 6.45) is 0. The normalized spacial score (nSPS) is 11.6. The predicted octanol–water partition coefficient (Wildman–Crippen LogP) is 3.32. The van der Waals surface area contributed by atoms with Crippen LogP contribution in [0.15, 0.2) is 54.6 Å². The van der Waals surface area contributed by atoms with Crippen LogP contribution in [0.25, 0.3) is 0 Å². The van der Waals surface area contributed by atoms with Crippen molar-refractivity contribution in [2.75, 3.05) is 25.6 Å². The number of benzene rings is 2. The third-order valence-electron chi connectivity index (χ3n) is 3.73. The first-order valence-corrected chi connectivity index (χ1v) is 9.49. The SMILES string of the molecule is COCCNC(=O)c1ccccc1NC(=O)[C@@H](C)SCc1ccccc1. The lowest BCUT2D eigenvalue weighted by molar-refractivity contribution is -0.115. The molecule has 0 spiro atoms. The van der Waals surface area contributed by atoms with E-state index in [4.69, 9.17) is 4.74 Å². The number of para-hydroxylation sites is 1. The van der Waals surface area contributed by atoms with Crippen LogP contribution in [0.1, 0.15) is 22.8 Å². The molecular weight excluding hydrogens is 348 g/mol. The third-order valence-corrected chi connectivity index (χ3v) is 4.95. The van der Waals surface area contributed by atoms with Gasteiger partial charge in [-0.25, -0.2) is 0 Å². The zero-order chi connectivity index (χ0) is 18.8. The minimum atomic E-state index is -0.236. The molecule has 0 unspecified atom stereocenters. The predicted molar refractivity (Wildman–Crippen MR) is 106 cm³/mol. The summed E-state index contributed by atoms with van der Waals surface area (Å²) in [6, 6.07) is 17.0. The summed E-state index contributed by atoms with van der Waals surface area (Å²) in [5.41, 5.74) is 2.13. The van der Waals surface area contributed by atoms with Crippen LogP contribution in [0.3, 0.4) is 0 Å². The third kappa shape index (κ3) is 6.20. The van der Waals surface area contributed by atoms with Crippen molar-refractivity contribution in [2.24, 2.45) is 0 Å². The van der Waals surface area contributed by atoms with Crippen LogP contribution < -0.4 is 10.6 Å². The van der Waals surface area contributed by atoms with E-state index in [1.807, 2.05) is 37.3 Å². The highest BCUT2D eigenvalue weighted by Crippen LogP contribution is 2.21. The van der Waals surface area contributed by atoms with E-state index < -0.39 is 0 Å². The standard InChI is InChI=1S/C20H24N2O3S/c1-15(26-14-16-8-4-3-5-9-16)19(23)22-18-11-7-6-10-17(18)20(24)21-12-13-25-2/h3-11,15H,12-14H2,1-2H3,(H,21,24)(H,22,23)/t15-/m1/s1. The molecule has 26 heavy (non-hydrogen) atoms. The number of hydrogen-bond acceptors (Lipinski definition) is 4. The van der Waals surface area contributed by atoms with Crippen molar-refractivity contribution in [3.05, 3.63) is 65.7 Å². The summed E-state index contributed by atoms with van der Waals surface area (Å²) < 4.78 is 4.93. The fourth-order valence-corrected chi connectivity index (χ4v) is 3.10. The largest absolute Gasteiger partial charge is 0.383 e. The molecule has 2 N–H and O–H groups in total. The van der Waals surface area contributed by atoms with Gasteiger partial charge in [0.05, 0.1) is 23.1 Å². The van der Waals surface area contributed by atoms with E-state index >= 15 is 0 Å². The lowest BCUT2D eigenvalue weighted by Gasteiger charge is -2.15. The molecule has 2 rings (SSSR count). The Labute approximate surface area is 158 Å². The molecular formula is C20H24N2O3S. The van der Waals surface area contributed by atoms with Gasteiger partial charge in [0.15, 0.2) is 0 Å². The van der Waals surface area contributed by atoms with E-state index in [0.717, 1.165) is 5.75 Å². The summed E-state index contributed by atoms with van der Waals surface area (Å²) in [4.78, 5) is 24.8. The lowest BCUT2D eigenvalue weighted by atomic mass is 10.1. The van der Waals surface area contributed by atoms with Gasteiger partial charge in [0, 0.05) is 19.4 Å². The van der Waals surface area contributed by atoms with Crippen molar-refractivity contribution in [3.8, 4) is 0 Å². The number of thioether (sulfide) groups is 1. The fraction of sp³-hybridized carbons (Fsp3) is 0.300. The topological polar surface area (TPSA) is 67.4 Å². The molecule has 0 fully saturated rings. The molecule has 0 aliphatic rings. The molecule has 2 aromatic rings. The Hall–Kier alpha value is -2.31. The fourth-order valence-electron chi connectivity index (χ4n) is 2.26. The zero-order valence-electron chi connectivity index (χ0n) is 15.0. The van der Waals surface area contributed by atoms with Gasteiger partial charge in [0.2, 0.25) is 5.91 Å². The first-order chi connectivity index (χ1) is 12.6. The minimum absolute atomic E-state index is 0.122. The van der Waals surface area contributed by atoms with Crippen molar-refractivity contribution in [1.82, 2.24) is 5.32 Å². The van der Waals surface area contributed by atoms with E-state index in [1.54, 1.807) is 43.1 Å². The van der Waals surface area contributed by atoms with E-state index in [1.165, 1.54) is 5.56 Å². The van der Waals surface area contributed by atoms with Gasteiger partial charge >= 0.3 is 0 Å². The molecule has 2 amide bonds. The maximum atomic E-state index is 12.5. The maximum Gasteiger partial charge on any atom is 0.253 e. The highest BCUT2D eigenvalue weighted by Gasteiger charge is 2.17. The van der Waals surface area contributed by atoms with Gasteiger partial charge in [0.1, 0.15) is 0 Å². The zero-order valence-corrected chi connectivity index (χ0v) is 15.8. The summed E-state index contributed by atoms with van der Waals surface area (Å²) in [6.45, 7) is 2.72. The lowest BCUT2D eigenvalue weighted by Crippen LogP contribution is -2.29. The number of methoxy groups -OCH3 is 1. The second kappa shape index (κ2) is 10.6. The Bertz CT molecular complexity index is 722. The van der Waals surface area contributed by atoms with Crippen molar-refractivity contribution >= 4 is 29.3 Å². The Morgan fingerprint density at radius 1 is 1.08 bits per heavy atom. The minimum Gasteiger partial charge on any atom is -0.383 e. The highest BCUT2D eigenvalue weighted by atomic mass is 32.2. The quantitative estimate of drug-likeness (QED) is 0.663. The molecule has 6 heteroatoms. The molecule has 5 nitrogen and oxygen atoms in total. The summed E-state index contributed by atoms with van der Waals surface area (Å²) in [5.74, 6) is 0.403. The van der Waals surface area contributed by atoms with E-state index in [2.05, 4.69) is 10.6 Å². The van der Waals surface area contributed by atoms with Gasteiger partial charge in [-0.05, 0) is 24.6 Å². The number of carbonyl (C=O) groups is 2. The molecule has 0 bridgehead atoms. The molecule has 0 aromatic heterocycles. The van der Waals surface area contributed by atoms with Gasteiger partial charge < -0.3 is 15.4 Å². The van der Waals surface area contributed by atoms with Crippen LogP contribution in [-0.2, 0) is 15.3 Å². The van der Waals surface area contributed by atoms with Gasteiger partial charge in [0.25, 0.3) is 5.91 Å². The van der Waals surface area contributed by atoms with Gasteiger partial charge in [-0.15, -0.1) is 11.8 Å². The number of ether oxygens (including phenoxy) is 1. The van der Waals surface area contributed by atoms with Crippen molar-refractivity contribution < 1.29 is 14.3 Å². The van der Waals surface area contributed by atoms with Crippen LogP contribution in [0.5, 0.6) is 0 Å². The molecule has 0 radical (unpaired) electrons. The van der Waals surface area contributed by atoms with Gasteiger partial charge in [-0.1, -0.05) is 42.5 Å².